The molecule has 0 saturated heterocycles. The number of carbonyl (C=O) groups is 1. The minimum Gasteiger partial charge on any atom is -0.481 e. The van der Waals surface area contributed by atoms with E-state index in [0.29, 0.717) is 6.42 Å². The largest absolute Gasteiger partial charge is 0.481 e. The van der Waals surface area contributed by atoms with Gasteiger partial charge in [-0.05, 0) is 6.42 Å². The van der Waals surface area contributed by atoms with Gasteiger partial charge in [0.15, 0.2) is 0 Å². The van der Waals surface area contributed by atoms with E-state index < -0.39 is 23.9 Å². The zero-order valence-corrected chi connectivity index (χ0v) is 9.72. The summed E-state index contributed by atoms with van der Waals surface area (Å²) in [5.74, 6) is -3.44. The van der Waals surface area contributed by atoms with Crippen LogP contribution in [0, 0.1) is 0 Å². The van der Waals surface area contributed by atoms with Gasteiger partial charge in [0.1, 0.15) is 0 Å². The molecule has 0 aromatic carbocycles. The summed E-state index contributed by atoms with van der Waals surface area (Å²) in [5, 5.41) is 12.2. The predicted molar refractivity (Wildman–Crippen MR) is 56.5 cm³/mol. The van der Waals surface area contributed by atoms with Gasteiger partial charge in [-0.3, -0.25) is 4.79 Å². The summed E-state index contributed by atoms with van der Waals surface area (Å²) in [6, 6.07) is 0. The SMILES string of the molecule is CCC(C(=O)O)c1cnc2nc(C(F)(F)F)nn2c1. The molecule has 1 N–H and O–H groups in total. The van der Waals surface area contributed by atoms with E-state index >= 15 is 0 Å². The lowest BCUT2D eigenvalue weighted by Crippen LogP contribution is -2.12. The molecule has 2 aromatic heterocycles. The second-order valence-corrected chi connectivity index (χ2v) is 3.86. The Balaban J connectivity index is 2.49. The molecule has 0 spiro atoms. The number of carboxylic acid groups (broad SMARTS) is 1. The first kappa shape index (κ1) is 13.2. The van der Waals surface area contributed by atoms with E-state index in [-0.39, 0.29) is 11.3 Å². The molecule has 0 aliphatic carbocycles. The van der Waals surface area contributed by atoms with Crippen LogP contribution in [0.2, 0.25) is 0 Å². The van der Waals surface area contributed by atoms with Gasteiger partial charge in [0, 0.05) is 18.0 Å². The van der Waals surface area contributed by atoms with Crippen LogP contribution >= 0.6 is 0 Å². The summed E-state index contributed by atoms with van der Waals surface area (Å²) < 4.78 is 38.1. The Bertz CT molecular complexity index is 623. The monoisotopic (exact) mass is 274 g/mol. The first-order valence-electron chi connectivity index (χ1n) is 5.35. The summed E-state index contributed by atoms with van der Waals surface area (Å²) in [6.45, 7) is 1.66. The Kier molecular flexibility index (Phi) is 3.13. The lowest BCUT2D eigenvalue weighted by molar-refractivity contribution is -0.144. The van der Waals surface area contributed by atoms with E-state index in [1.54, 1.807) is 6.92 Å². The van der Waals surface area contributed by atoms with Crippen molar-refractivity contribution in [3.05, 3.63) is 23.8 Å². The summed E-state index contributed by atoms with van der Waals surface area (Å²) >= 11 is 0. The normalized spacial score (nSPS) is 13.7. The Labute approximate surface area is 104 Å². The molecule has 19 heavy (non-hydrogen) atoms. The van der Waals surface area contributed by atoms with E-state index in [9.17, 15) is 18.0 Å². The molecule has 2 rings (SSSR count). The molecule has 0 radical (unpaired) electrons. The quantitative estimate of drug-likeness (QED) is 0.921. The fraction of sp³-hybridized carbons (Fsp3) is 0.400. The fourth-order valence-electron chi connectivity index (χ4n) is 1.65. The number of carboxylic acids is 1. The summed E-state index contributed by atoms with van der Waals surface area (Å²) in [7, 11) is 0. The van der Waals surface area contributed by atoms with Gasteiger partial charge in [-0.25, -0.2) is 9.50 Å². The van der Waals surface area contributed by atoms with Crippen molar-refractivity contribution in [3.8, 4) is 0 Å². The van der Waals surface area contributed by atoms with Gasteiger partial charge in [0.25, 0.3) is 11.6 Å². The van der Waals surface area contributed by atoms with E-state index in [2.05, 4.69) is 15.1 Å². The zero-order chi connectivity index (χ0) is 14.2. The van der Waals surface area contributed by atoms with E-state index in [1.165, 1.54) is 12.4 Å². The maximum atomic E-state index is 12.4. The van der Waals surface area contributed by atoms with Crippen LogP contribution in [0.4, 0.5) is 13.2 Å². The molecular formula is C10H9F3N4O2. The number of alkyl halides is 3. The first-order chi connectivity index (χ1) is 8.82. The number of nitrogens with zero attached hydrogens (tertiary/aromatic N) is 4. The maximum absolute atomic E-state index is 12.4. The minimum absolute atomic E-state index is 0.226. The van der Waals surface area contributed by atoms with Crippen molar-refractivity contribution in [2.75, 3.05) is 0 Å². The molecule has 0 aliphatic rings. The van der Waals surface area contributed by atoms with Gasteiger partial charge in [0.2, 0.25) is 0 Å². The standard InChI is InChI=1S/C10H9F3N4O2/c1-2-6(7(18)19)5-3-14-9-15-8(10(11,12)13)16-17(9)4-5/h3-4,6H,2H2,1H3,(H,18,19). The van der Waals surface area contributed by atoms with E-state index in [0.717, 1.165) is 4.52 Å². The van der Waals surface area contributed by atoms with Crippen LogP contribution < -0.4 is 0 Å². The molecule has 0 fully saturated rings. The molecule has 6 nitrogen and oxygen atoms in total. The van der Waals surface area contributed by atoms with Gasteiger partial charge in [-0.15, -0.1) is 5.10 Å². The number of hydrogen-bond acceptors (Lipinski definition) is 4. The van der Waals surface area contributed by atoms with Gasteiger partial charge in [-0.1, -0.05) is 6.92 Å². The average molecular weight is 274 g/mol. The molecule has 0 amide bonds. The van der Waals surface area contributed by atoms with Crippen molar-refractivity contribution < 1.29 is 23.1 Å². The van der Waals surface area contributed by atoms with Crippen molar-refractivity contribution in [2.45, 2.75) is 25.4 Å². The van der Waals surface area contributed by atoms with Gasteiger partial charge in [0.05, 0.1) is 5.92 Å². The Morgan fingerprint density at radius 1 is 1.53 bits per heavy atom. The maximum Gasteiger partial charge on any atom is 0.453 e. The van der Waals surface area contributed by atoms with Gasteiger partial charge < -0.3 is 5.11 Å². The van der Waals surface area contributed by atoms with Crippen LogP contribution in [-0.2, 0) is 11.0 Å². The Morgan fingerprint density at radius 2 is 2.21 bits per heavy atom. The lowest BCUT2D eigenvalue weighted by atomic mass is 10.00. The van der Waals surface area contributed by atoms with Crippen LogP contribution in [0.3, 0.4) is 0 Å². The molecule has 102 valence electrons. The van der Waals surface area contributed by atoms with Crippen LogP contribution in [0.15, 0.2) is 12.4 Å². The molecule has 9 heteroatoms. The van der Waals surface area contributed by atoms with Gasteiger partial charge in [-0.2, -0.15) is 18.2 Å². The molecule has 0 bridgehead atoms. The second kappa shape index (κ2) is 4.48. The third kappa shape index (κ3) is 2.49. The number of aromatic nitrogens is 4. The van der Waals surface area contributed by atoms with E-state index in [1.807, 2.05) is 0 Å². The highest BCUT2D eigenvalue weighted by Gasteiger charge is 2.36. The number of hydrogen-bond donors (Lipinski definition) is 1. The smallest absolute Gasteiger partial charge is 0.453 e. The van der Waals surface area contributed by atoms with Gasteiger partial charge >= 0.3 is 12.1 Å². The lowest BCUT2D eigenvalue weighted by Gasteiger charge is -2.08. The van der Waals surface area contributed by atoms with Crippen molar-refractivity contribution in [1.82, 2.24) is 19.6 Å². The molecule has 2 aromatic rings. The molecule has 1 unspecified atom stereocenters. The highest BCUT2D eigenvalue weighted by atomic mass is 19.4. The van der Waals surface area contributed by atoms with Crippen molar-refractivity contribution in [2.24, 2.45) is 0 Å². The summed E-state index contributed by atoms with van der Waals surface area (Å²) in [5.41, 5.74) is 0.279. The number of aliphatic carboxylic acids is 1. The number of rotatable bonds is 3. The topological polar surface area (TPSA) is 80.4 Å². The molecule has 0 saturated carbocycles. The third-order valence-corrected chi connectivity index (χ3v) is 2.58. The van der Waals surface area contributed by atoms with Crippen molar-refractivity contribution in [1.29, 1.82) is 0 Å². The number of halogens is 3. The third-order valence-electron chi connectivity index (χ3n) is 2.58. The second-order valence-electron chi connectivity index (χ2n) is 3.86. The summed E-state index contributed by atoms with van der Waals surface area (Å²) in [6.07, 6.45) is -1.96. The number of fused-ring (bicyclic) bond motifs is 1. The predicted octanol–water partition coefficient (Wildman–Crippen LogP) is 1.72. The van der Waals surface area contributed by atoms with Crippen LogP contribution in [0.1, 0.15) is 30.7 Å². The van der Waals surface area contributed by atoms with Crippen molar-refractivity contribution in [3.63, 3.8) is 0 Å². The highest BCUT2D eigenvalue weighted by Crippen LogP contribution is 2.26. The van der Waals surface area contributed by atoms with Crippen LogP contribution in [-0.4, -0.2) is 30.7 Å². The molecule has 1 atom stereocenters. The first-order valence-corrected chi connectivity index (χ1v) is 5.35. The molecular weight excluding hydrogens is 265 g/mol. The molecule has 2 heterocycles. The Hall–Kier alpha value is -2.19. The highest BCUT2D eigenvalue weighted by molar-refractivity contribution is 5.75. The summed E-state index contributed by atoms with van der Waals surface area (Å²) in [4.78, 5) is 17.9. The average Bonchev–Trinajstić information content (AvgIpc) is 2.72. The fourth-order valence-corrected chi connectivity index (χ4v) is 1.65. The van der Waals surface area contributed by atoms with E-state index in [4.69, 9.17) is 5.11 Å². The van der Waals surface area contributed by atoms with Crippen LogP contribution in [0.25, 0.3) is 5.78 Å². The Morgan fingerprint density at radius 3 is 2.74 bits per heavy atom. The van der Waals surface area contributed by atoms with Crippen molar-refractivity contribution >= 4 is 11.7 Å². The molecule has 0 aliphatic heterocycles. The zero-order valence-electron chi connectivity index (χ0n) is 9.72. The minimum atomic E-state index is -4.66. The van der Waals surface area contributed by atoms with Crippen LogP contribution in [0.5, 0.6) is 0 Å².